The van der Waals surface area contributed by atoms with E-state index in [2.05, 4.69) is 46.6 Å². The lowest BCUT2D eigenvalue weighted by Crippen LogP contribution is -2.57. The van der Waals surface area contributed by atoms with E-state index in [1.807, 2.05) is 36.0 Å². The van der Waals surface area contributed by atoms with Crippen LogP contribution in [-0.4, -0.2) is 78.9 Å². The average molecular weight is 503 g/mol. The zero-order valence-electron chi connectivity index (χ0n) is 21.5. The van der Waals surface area contributed by atoms with Crippen LogP contribution in [0.15, 0.2) is 60.7 Å². The van der Waals surface area contributed by atoms with Crippen LogP contribution in [0.1, 0.15) is 29.9 Å². The molecular weight excluding hydrogens is 467 g/mol. The number of nitrogens with one attached hydrogen (secondary N) is 1. The Morgan fingerprint density at radius 1 is 1.08 bits per heavy atom. The van der Waals surface area contributed by atoms with Gasteiger partial charge in [-0.25, -0.2) is 4.39 Å². The highest BCUT2D eigenvalue weighted by molar-refractivity contribution is 5.96. The highest BCUT2D eigenvalue weighted by Gasteiger charge is 2.60. The molecule has 3 atom stereocenters. The second-order valence-electron chi connectivity index (χ2n) is 11.1. The molecule has 0 saturated carbocycles. The first-order valence-electron chi connectivity index (χ1n) is 13.3. The molecule has 0 bridgehead atoms. The molecule has 2 N–H and O–H groups in total. The van der Waals surface area contributed by atoms with Gasteiger partial charge in [0.2, 0.25) is 5.91 Å². The molecule has 3 aliphatic rings. The molecule has 194 valence electrons. The van der Waals surface area contributed by atoms with Crippen molar-refractivity contribution >= 4 is 22.4 Å². The van der Waals surface area contributed by atoms with E-state index in [0.717, 1.165) is 25.2 Å². The van der Waals surface area contributed by atoms with Gasteiger partial charge >= 0.3 is 0 Å². The third kappa shape index (κ3) is 4.00. The molecule has 3 aromatic rings. The van der Waals surface area contributed by atoms with Gasteiger partial charge in [0.25, 0.3) is 0 Å². The highest BCUT2D eigenvalue weighted by Crippen LogP contribution is 2.50. The maximum absolute atomic E-state index is 14.5. The number of piperidine rings is 1. The Bertz CT molecular complexity index is 1300. The first-order chi connectivity index (χ1) is 17.9. The third-order valence-electron chi connectivity index (χ3n) is 8.45. The van der Waals surface area contributed by atoms with Crippen LogP contribution in [-0.2, 0) is 11.2 Å². The molecule has 0 radical (unpaired) electrons. The van der Waals surface area contributed by atoms with Crippen molar-refractivity contribution in [2.75, 3.05) is 45.2 Å². The zero-order valence-corrected chi connectivity index (χ0v) is 21.5. The largest absolute Gasteiger partial charge is 0.390 e. The number of benzene rings is 3. The lowest BCUT2D eigenvalue weighted by atomic mass is 9.85. The number of likely N-dealkylation sites (N-methyl/N-ethyl adjacent to an activating group) is 1. The number of hydrogen-bond acceptors (Lipinski definition) is 5. The Hall–Kier alpha value is -3.00. The van der Waals surface area contributed by atoms with E-state index in [4.69, 9.17) is 0 Å². The topological polar surface area (TPSA) is 59.1 Å². The molecular formula is C30H35FN4O2. The summed E-state index contributed by atoms with van der Waals surface area (Å²) in [6, 6.07) is 19.5. The average Bonchev–Trinajstić information content (AvgIpc) is 3.35. The predicted octanol–water partition coefficient (Wildman–Crippen LogP) is 3.34. The van der Waals surface area contributed by atoms with Crippen molar-refractivity contribution < 1.29 is 14.3 Å². The summed E-state index contributed by atoms with van der Waals surface area (Å²) in [4.78, 5) is 20.7. The summed E-state index contributed by atoms with van der Waals surface area (Å²) in [5.74, 6) is -0.179. The molecule has 1 aliphatic carbocycles. The van der Waals surface area contributed by atoms with Crippen LogP contribution in [0.4, 0.5) is 10.1 Å². The minimum atomic E-state index is -0.728. The van der Waals surface area contributed by atoms with Crippen molar-refractivity contribution in [1.82, 2.24) is 15.1 Å². The van der Waals surface area contributed by atoms with E-state index < -0.39 is 11.6 Å². The number of amides is 1. The maximum Gasteiger partial charge on any atom is 0.250 e. The number of hydrogen-bond donors (Lipinski definition) is 2. The Kier molecular flexibility index (Phi) is 6.18. The summed E-state index contributed by atoms with van der Waals surface area (Å²) in [6.45, 7) is 2.22. The third-order valence-corrected chi connectivity index (χ3v) is 8.45. The predicted molar refractivity (Wildman–Crippen MR) is 144 cm³/mol. The van der Waals surface area contributed by atoms with Crippen molar-refractivity contribution in [2.24, 2.45) is 0 Å². The van der Waals surface area contributed by atoms with Gasteiger partial charge in [0, 0.05) is 24.7 Å². The van der Waals surface area contributed by atoms with E-state index in [1.165, 1.54) is 34.0 Å². The van der Waals surface area contributed by atoms with E-state index in [0.29, 0.717) is 19.4 Å². The fourth-order valence-corrected chi connectivity index (χ4v) is 7.02. The number of nitrogens with zero attached hydrogens (tertiary/aromatic N) is 3. The van der Waals surface area contributed by atoms with Gasteiger partial charge in [-0.05, 0) is 92.6 Å². The van der Waals surface area contributed by atoms with Crippen LogP contribution in [0.25, 0.3) is 10.8 Å². The van der Waals surface area contributed by atoms with E-state index >= 15 is 0 Å². The van der Waals surface area contributed by atoms with Gasteiger partial charge in [-0.1, -0.05) is 36.4 Å². The molecule has 3 aromatic carbocycles. The monoisotopic (exact) mass is 502 g/mol. The zero-order chi connectivity index (χ0) is 25.7. The lowest BCUT2D eigenvalue weighted by Gasteiger charge is -2.44. The number of β-amino-alcohol motifs (C(OH)–C–C–N with tert-alkyl or cyclic N) is 1. The molecule has 2 aliphatic heterocycles. The van der Waals surface area contributed by atoms with Gasteiger partial charge in [-0.2, -0.15) is 0 Å². The molecule has 37 heavy (non-hydrogen) atoms. The standard InChI is InChI=1S/C30H35FN4O2/c1-33(2)18-24(36)19-34-28(26-17-21-7-3-5-20-6-4-8-25(26)27(20)21)35(23-11-9-22(31)10-12-23)30(29(34)37)13-15-32-16-14-30/h3-12,24,26,28,32,36H,13-19H2,1-2H3. The van der Waals surface area contributed by atoms with Gasteiger partial charge in [0.05, 0.1) is 6.10 Å². The minimum Gasteiger partial charge on any atom is -0.390 e. The van der Waals surface area contributed by atoms with Crippen LogP contribution in [0.5, 0.6) is 0 Å². The van der Waals surface area contributed by atoms with Gasteiger partial charge in [0.15, 0.2) is 0 Å². The highest BCUT2D eigenvalue weighted by atomic mass is 19.1. The molecule has 6 nitrogen and oxygen atoms in total. The summed E-state index contributed by atoms with van der Waals surface area (Å²) in [5.41, 5.74) is 2.67. The van der Waals surface area contributed by atoms with Crippen LogP contribution in [0.3, 0.4) is 0 Å². The number of anilines is 1. The summed E-state index contributed by atoms with van der Waals surface area (Å²) in [5, 5.41) is 17.0. The van der Waals surface area contributed by atoms with Crippen LogP contribution in [0.2, 0.25) is 0 Å². The molecule has 2 saturated heterocycles. The van der Waals surface area contributed by atoms with Crippen LogP contribution in [0, 0.1) is 5.82 Å². The summed E-state index contributed by atoms with van der Waals surface area (Å²) >= 11 is 0. The molecule has 2 heterocycles. The van der Waals surface area contributed by atoms with Crippen LogP contribution < -0.4 is 10.2 Å². The molecule has 1 spiro atoms. The van der Waals surface area contributed by atoms with Gasteiger partial charge in [0.1, 0.15) is 17.5 Å². The van der Waals surface area contributed by atoms with Crippen molar-refractivity contribution in [3.05, 3.63) is 77.6 Å². The quantitative estimate of drug-likeness (QED) is 0.542. The number of aliphatic hydroxyl groups excluding tert-OH is 1. The van der Waals surface area contributed by atoms with Crippen molar-refractivity contribution in [3.63, 3.8) is 0 Å². The number of halogens is 1. The molecule has 0 aromatic heterocycles. The second kappa shape index (κ2) is 9.39. The molecule has 1 amide bonds. The summed E-state index contributed by atoms with van der Waals surface area (Å²) in [7, 11) is 3.86. The summed E-state index contributed by atoms with van der Waals surface area (Å²) in [6.07, 6.45) is 1.20. The van der Waals surface area contributed by atoms with E-state index in [9.17, 15) is 14.3 Å². The first kappa shape index (κ1) is 24.3. The minimum absolute atomic E-state index is 0.0379. The van der Waals surface area contributed by atoms with E-state index in [1.54, 1.807) is 0 Å². The normalized spacial score (nSPS) is 23.5. The van der Waals surface area contributed by atoms with E-state index in [-0.39, 0.29) is 30.4 Å². The smallest absolute Gasteiger partial charge is 0.250 e. The summed E-state index contributed by atoms with van der Waals surface area (Å²) < 4.78 is 14.0. The fraction of sp³-hybridized carbons (Fsp3) is 0.433. The van der Waals surface area contributed by atoms with Crippen molar-refractivity contribution in [2.45, 2.75) is 43.0 Å². The molecule has 7 heteroatoms. The second-order valence-corrected chi connectivity index (χ2v) is 11.1. The first-order valence-corrected chi connectivity index (χ1v) is 13.3. The molecule has 2 fully saturated rings. The SMILES string of the molecule is CN(C)CC(O)CN1C(=O)C2(CCNCC2)N(c2ccc(F)cc2)C1C1Cc2cccc3cccc1c23. The number of carbonyl (C=O) groups is 1. The fourth-order valence-electron chi connectivity index (χ4n) is 7.02. The Morgan fingerprint density at radius 2 is 1.78 bits per heavy atom. The number of rotatable bonds is 6. The lowest BCUT2D eigenvalue weighted by molar-refractivity contribution is -0.135. The maximum atomic E-state index is 14.5. The Labute approximate surface area is 217 Å². The van der Waals surface area contributed by atoms with Gasteiger partial charge in [-0.15, -0.1) is 0 Å². The molecule has 3 unspecified atom stereocenters. The van der Waals surface area contributed by atoms with Crippen LogP contribution >= 0.6 is 0 Å². The van der Waals surface area contributed by atoms with Gasteiger partial charge < -0.3 is 25.1 Å². The van der Waals surface area contributed by atoms with Gasteiger partial charge in [-0.3, -0.25) is 4.79 Å². The Balaban J connectivity index is 1.51. The van der Waals surface area contributed by atoms with Crippen molar-refractivity contribution in [1.29, 1.82) is 0 Å². The Morgan fingerprint density at radius 3 is 2.49 bits per heavy atom. The van der Waals surface area contributed by atoms with Crippen molar-refractivity contribution in [3.8, 4) is 0 Å². The molecule has 6 rings (SSSR count). The number of aliphatic hydroxyl groups is 1. The number of carbonyl (C=O) groups excluding carboxylic acids is 1.